The molecule has 0 unspecified atom stereocenters. The zero-order chi connectivity index (χ0) is 20.2. The van der Waals surface area contributed by atoms with Gasteiger partial charge in [-0.15, -0.1) is 0 Å². The van der Waals surface area contributed by atoms with E-state index in [0.29, 0.717) is 25.5 Å². The summed E-state index contributed by atoms with van der Waals surface area (Å²) in [5.41, 5.74) is 1.22. The predicted octanol–water partition coefficient (Wildman–Crippen LogP) is 1.78. The Morgan fingerprint density at radius 1 is 1.19 bits per heavy atom. The van der Waals surface area contributed by atoms with Crippen molar-refractivity contribution in [2.45, 2.75) is 39.2 Å². The molecule has 0 radical (unpaired) electrons. The van der Waals surface area contributed by atoms with Crippen LogP contribution in [0.4, 0.5) is 0 Å². The normalized spacial score (nSPS) is 22.1. The first kappa shape index (κ1) is 22.1. The molecule has 0 spiro atoms. The molecule has 0 aliphatic carbocycles. The molecule has 1 aromatic carbocycles. The summed E-state index contributed by atoms with van der Waals surface area (Å²) >= 11 is 0. The first-order chi connectivity index (χ1) is 12.5. The maximum Gasteiger partial charge on any atom is 0.211 e. The lowest BCUT2D eigenvalue weighted by atomic mass is 9.94. The van der Waals surface area contributed by atoms with Gasteiger partial charge in [-0.1, -0.05) is 26.0 Å². The molecule has 154 valence electrons. The molecule has 2 rings (SSSR count). The second-order valence-electron chi connectivity index (χ2n) is 7.33. The number of hydrogen-bond donors (Lipinski definition) is 1. The van der Waals surface area contributed by atoms with Gasteiger partial charge >= 0.3 is 0 Å². The molecule has 1 aromatic rings. The van der Waals surface area contributed by atoms with E-state index in [1.54, 1.807) is 6.92 Å². The minimum atomic E-state index is -3.45. The van der Waals surface area contributed by atoms with E-state index in [0.717, 1.165) is 12.0 Å². The highest BCUT2D eigenvalue weighted by atomic mass is 32.2. The summed E-state index contributed by atoms with van der Waals surface area (Å²) in [6.07, 6.45) is 1.68. The van der Waals surface area contributed by atoms with Crippen LogP contribution in [0.3, 0.4) is 0 Å². The Morgan fingerprint density at radius 2 is 1.81 bits per heavy atom. The van der Waals surface area contributed by atoms with E-state index in [2.05, 4.69) is 18.6 Å². The van der Waals surface area contributed by atoms with Crippen molar-refractivity contribution in [3.63, 3.8) is 0 Å². The Balaban J connectivity index is 2.08. The van der Waals surface area contributed by atoms with Gasteiger partial charge in [-0.3, -0.25) is 0 Å². The Kier molecular flexibility index (Phi) is 7.29. The molecule has 9 heteroatoms. The molecule has 0 saturated carbocycles. The fraction of sp³-hybridized carbons (Fsp3) is 0.667. The van der Waals surface area contributed by atoms with Crippen LogP contribution in [0.15, 0.2) is 24.3 Å². The van der Waals surface area contributed by atoms with Crippen molar-refractivity contribution >= 4 is 20.0 Å². The quantitative estimate of drug-likeness (QED) is 0.695. The molecular formula is C18H30N2O5S2. The van der Waals surface area contributed by atoms with Crippen LogP contribution >= 0.6 is 0 Å². The third kappa shape index (κ3) is 6.44. The number of sulfonamides is 2. The third-order valence-electron chi connectivity index (χ3n) is 4.91. The van der Waals surface area contributed by atoms with E-state index in [-0.39, 0.29) is 18.2 Å². The van der Waals surface area contributed by atoms with Crippen LogP contribution in [0.1, 0.15) is 38.7 Å². The average Bonchev–Trinajstić information content (AvgIpc) is 2.60. The average molecular weight is 419 g/mol. The lowest BCUT2D eigenvalue weighted by Crippen LogP contribution is -2.55. The molecule has 0 bridgehead atoms. The van der Waals surface area contributed by atoms with Crippen molar-refractivity contribution in [2.24, 2.45) is 5.92 Å². The minimum absolute atomic E-state index is 0.0490. The Labute approximate surface area is 163 Å². The van der Waals surface area contributed by atoms with E-state index in [9.17, 15) is 16.8 Å². The van der Waals surface area contributed by atoms with Crippen LogP contribution in [0, 0.1) is 5.92 Å². The fourth-order valence-electron chi connectivity index (χ4n) is 3.07. The molecule has 1 N–H and O–H groups in total. The van der Waals surface area contributed by atoms with E-state index < -0.39 is 26.1 Å². The summed E-state index contributed by atoms with van der Waals surface area (Å²) < 4.78 is 57.6. The fourth-order valence-corrected chi connectivity index (χ4v) is 4.83. The highest BCUT2D eigenvalue weighted by molar-refractivity contribution is 7.89. The molecule has 27 heavy (non-hydrogen) atoms. The van der Waals surface area contributed by atoms with Crippen LogP contribution in [0.5, 0.6) is 5.75 Å². The van der Waals surface area contributed by atoms with Crippen molar-refractivity contribution in [3.8, 4) is 5.75 Å². The highest BCUT2D eigenvalue weighted by Gasteiger charge is 2.35. The molecular weight excluding hydrogens is 388 g/mol. The minimum Gasteiger partial charge on any atom is -0.493 e. The number of nitrogens with zero attached hydrogens (tertiary/aromatic N) is 1. The molecule has 1 aliphatic rings. The molecule has 2 atom stereocenters. The number of hydrogen-bond acceptors (Lipinski definition) is 5. The zero-order valence-electron chi connectivity index (χ0n) is 16.4. The number of piperidine rings is 1. The van der Waals surface area contributed by atoms with Gasteiger partial charge in [-0.25, -0.2) is 25.9 Å². The Bertz CT molecular complexity index is 820. The second kappa shape index (κ2) is 8.89. The Hall–Kier alpha value is -1.16. The van der Waals surface area contributed by atoms with Crippen LogP contribution in [0.25, 0.3) is 0 Å². The van der Waals surface area contributed by atoms with Crippen LogP contribution in [-0.2, 0) is 20.0 Å². The topological polar surface area (TPSA) is 92.8 Å². The van der Waals surface area contributed by atoms with Crippen molar-refractivity contribution in [2.75, 3.05) is 31.7 Å². The van der Waals surface area contributed by atoms with Crippen LogP contribution < -0.4 is 9.46 Å². The highest BCUT2D eigenvalue weighted by Crippen LogP contribution is 2.23. The molecule has 1 fully saturated rings. The molecule has 0 aromatic heterocycles. The van der Waals surface area contributed by atoms with Crippen molar-refractivity contribution in [1.82, 2.24) is 9.03 Å². The monoisotopic (exact) mass is 418 g/mol. The number of ether oxygens (including phenoxy) is 1. The van der Waals surface area contributed by atoms with Crippen LogP contribution in [-0.4, -0.2) is 58.9 Å². The van der Waals surface area contributed by atoms with E-state index >= 15 is 0 Å². The van der Waals surface area contributed by atoms with Crippen LogP contribution in [0.2, 0.25) is 0 Å². The molecule has 0 amide bonds. The maximum absolute atomic E-state index is 12.0. The molecule has 7 nitrogen and oxygen atoms in total. The number of benzene rings is 1. The first-order valence-corrected chi connectivity index (χ1v) is 12.7. The SMILES string of the molecule is CCS(=O)(=O)N[C@H]1CN(S(C)(=O)=O)CC[C@@H]1COc1ccc(C(C)C)cc1. The van der Waals surface area contributed by atoms with Gasteiger partial charge in [0.05, 0.1) is 18.6 Å². The van der Waals surface area contributed by atoms with Gasteiger partial charge in [-0.05, 0) is 37.0 Å². The van der Waals surface area contributed by atoms with E-state index in [1.807, 2.05) is 24.3 Å². The van der Waals surface area contributed by atoms with E-state index in [1.165, 1.54) is 9.87 Å². The standard InChI is InChI=1S/C18H30N2O5S2/c1-5-27(23,24)19-18-12-20(26(4,21)22)11-10-16(18)13-25-17-8-6-15(7-9-17)14(2)3/h6-9,14,16,18-19H,5,10-13H2,1-4H3/t16-,18+/m1/s1. The van der Waals surface area contributed by atoms with Gasteiger partial charge in [0.1, 0.15) is 5.75 Å². The summed E-state index contributed by atoms with van der Waals surface area (Å²) in [7, 11) is -6.81. The summed E-state index contributed by atoms with van der Waals surface area (Å²) in [6.45, 7) is 6.62. The summed E-state index contributed by atoms with van der Waals surface area (Å²) in [6, 6.07) is 7.35. The lowest BCUT2D eigenvalue weighted by molar-refractivity contribution is 0.156. The Morgan fingerprint density at radius 3 is 2.33 bits per heavy atom. The first-order valence-electron chi connectivity index (χ1n) is 9.19. The van der Waals surface area contributed by atoms with Gasteiger partial charge in [0.15, 0.2) is 0 Å². The van der Waals surface area contributed by atoms with Gasteiger partial charge < -0.3 is 4.74 Å². The largest absolute Gasteiger partial charge is 0.493 e. The summed E-state index contributed by atoms with van der Waals surface area (Å²) in [5, 5.41) is 0. The smallest absolute Gasteiger partial charge is 0.211 e. The maximum atomic E-state index is 12.0. The van der Waals surface area contributed by atoms with Gasteiger partial charge in [-0.2, -0.15) is 0 Å². The number of rotatable bonds is 8. The van der Waals surface area contributed by atoms with Gasteiger partial charge in [0.2, 0.25) is 20.0 Å². The van der Waals surface area contributed by atoms with E-state index in [4.69, 9.17) is 4.74 Å². The zero-order valence-corrected chi connectivity index (χ0v) is 18.0. The third-order valence-corrected chi connectivity index (χ3v) is 7.60. The van der Waals surface area contributed by atoms with Gasteiger partial charge in [0.25, 0.3) is 0 Å². The van der Waals surface area contributed by atoms with Gasteiger partial charge in [0, 0.05) is 25.0 Å². The van der Waals surface area contributed by atoms with Crippen molar-refractivity contribution in [1.29, 1.82) is 0 Å². The predicted molar refractivity (Wildman–Crippen MR) is 107 cm³/mol. The molecule has 1 saturated heterocycles. The van der Waals surface area contributed by atoms with Crippen molar-refractivity contribution < 1.29 is 21.6 Å². The van der Waals surface area contributed by atoms with Crippen molar-refractivity contribution in [3.05, 3.63) is 29.8 Å². The summed E-state index contributed by atoms with van der Waals surface area (Å²) in [5.74, 6) is 1.01. The second-order valence-corrected chi connectivity index (χ2v) is 11.4. The summed E-state index contributed by atoms with van der Waals surface area (Å²) in [4.78, 5) is 0. The lowest BCUT2D eigenvalue weighted by Gasteiger charge is -2.37. The molecule has 1 aliphatic heterocycles. The molecule has 1 heterocycles. The number of nitrogens with one attached hydrogen (secondary N) is 1.